The van der Waals surface area contributed by atoms with Crippen molar-refractivity contribution in [2.45, 2.75) is 79.3 Å². The van der Waals surface area contributed by atoms with Crippen LogP contribution >= 0.6 is 0 Å². The number of ketones is 1. The number of esters is 2. The fourth-order valence-electron chi connectivity index (χ4n) is 8.71. The van der Waals surface area contributed by atoms with Crippen LogP contribution in [0.4, 0.5) is 0 Å². The molecular formula is C28H36O7. The van der Waals surface area contributed by atoms with Gasteiger partial charge in [-0.1, -0.05) is 52.3 Å². The van der Waals surface area contributed by atoms with Gasteiger partial charge in [0, 0.05) is 34.7 Å². The Morgan fingerprint density at radius 3 is 2.34 bits per heavy atom. The molecule has 4 aliphatic carbocycles. The van der Waals surface area contributed by atoms with E-state index in [9.17, 15) is 24.6 Å². The second-order valence-corrected chi connectivity index (χ2v) is 12.4. The maximum Gasteiger partial charge on any atom is 0.336 e. The largest absolute Gasteiger partial charge is 0.462 e. The third-order valence-corrected chi connectivity index (χ3v) is 10.5. The van der Waals surface area contributed by atoms with Crippen LogP contribution in [0, 0.1) is 39.4 Å². The summed E-state index contributed by atoms with van der Waals surface area (Å²) in [6.45, 7) is 11.6. The summed E-state index contributed by atoms with van der Waals surface area (Å²) >= 11 is 0. The summed E-state index contributed by atoms with van der Waals surface area (Å²) in [7, 11) is 0. The molecule has 5 rings (SSSR count). The first-order chi connectivity index (χ1) is 16.2. The summed E-state index contributed by atoms with van der Waals surface area (Å²) in [4.78, 5) is 37.7. The highest BCUT2D eigenvalue weighted by atomic mass is 16.6. The van der Waals surface area contributed by atoms with Crippen LogP contribution in [0.3, 0.4) is 0 Å². The molecule has 0 radical (unpaired) electrons. The van der Waals surface area contributed by atoms with Gasteiger partial charge in [0.1, 0.15) is 6.10 Å². The zero-order valence-corrected chi connectivity index (χ0v) is 21.3. The zero-order chi connectivity index (χ0) is 25.7. The van der Waals surface area contributed by atoms with Crippen LogP contribution in [0.15, 0.2) is 35.5 Å². The molecule has 35 heavy (non-hydrogen) atoms. The van der Waals surface area contributed by atoms with Crippen LogP contribution < -0.4 is 0 Å². The predicted molar refractivity (Wildman–Crippen MR) is 126 cm³/mol. The van der Waals surface area contributed by atoms with Gasteiger partial charge in [0.15, 0.2) is 5.78 Å². The number of ether oxygens (including phenoxy) is 2. The standard InChI is InChI=1S/C28H36O7/c1-14(29)34-22-13-19-26(4)10-9-20(30)25(2,3)18(26)12-21(31)28(19,6)17-8-7-16(27(17,22)5)15-11-23(32)35-24(15)33/h8-11,16,18-19,21-23,31-32H,7,12-13H2,1-6H3/t16-,18-,19+,21+,22-,23?,26-,27-,28-/m0/s1. The maximum atomic E-state index is 12.8. The Labute approximate surface area is 206 Å². The van der Waals surface area contributed by atoms with E-state index >= 15 is 0 Å². The lowest BCUT2D eigenvalue weighted by atomic mass is 9.38. The summed E-state index contributed by atoms with van der Waals surface area (Å²) in [6, 6.07) is 0. The van der Waals surface area contributed by atoms with Crippen molar-refractivity contribution in [2.24, 2.45) is 39.4 Å². The Bertz CT molecular complexity index is 1100. The van der Waals surface area contributed by atoms with E-state index < -0.39 is 52.1 Å². The topological polar surface area (TPSA) is 110 Å². The summed E-state index contributed by atoms with van der Waals surface area (Å²) < 4.78 is 11.0. The zero-order valence-electron chi connectivity index (χ0n) is 21.3. The van der Waals surface area contributed by atoms with Gasteiger partial charge in [-0.3, -0.25) is 9.59 Å². The lowest BCUT2D eigenvalue weighted by Crippen LogP contribution is -2.66. The molecule has 2 saturated carbocycles. The van der Waals surface area contributed by atoms with Gasteiger partial charge in [0.25, 0.3) is 0 Å². The first-order valence-corrected chi connectivity index (χ1v) is 12.6. The smallest absolute Gasteiger partial charge is 0.336 e. The number of hydrogen-bond donors (Lipinski definition) is 2. The van der Waals surface area contributed by atoms with Crippen LogP contribution in [-0.2, 0) is 23.9 Å². The van der Waals surface area contributed by atoms with Gasteiger partial charge in [0.2, 0.25) is 6.29 Å². The third-order valence-electron chi connectivity index (χ3n) is 10.5. The molecule has 9 atom stereocenters. The van der Waals surface area contributed by atoms with Crippen LogP contribution in [0.1, 0.15) is 60.8 Å². The lowest BCUT2D eigenvalue weighted by Gasteiger charge is -2.67. The molecule has 2 N–H and O–H groups in total. The molecule has 5 aliphatic rings. The molecule has 1 aliphatic heterocycles. The molecule has 190 valence electrons. The average Bonchev–Trinajstić information content (AvgIpc) is 3.28. The number of hydrogen-bond acceptors (Lipinski definition) is 7. The Morgan fingerprint density at radius 2 is 1.74 bits per heavy atom. The molecule has 7 heteroatoms. The number of rotatable bonds is 2. The van der Waals surface area contributed by atoms with Crippen LogP contribution in [0.5, 0.6) is 0 Å². The van der Waals surface area contributed by atoms with E-state index in [1.807, 2.05) is 26.8 Å². The molecule has 0 amide bonds. The van der Waals surface area contributed by atoms with Crippen molar-refractivity contribution >= 4 is 17.7 Å². The second-order valence-electron chi connectivity index (χ2n) is 12.4. The molecular weight excluding hydrogens is 448 g/mol. The summed E-state index contributed by atoms with van der Waals surface area (Å²) in [5.74, 6) is -1.40. The van der Waals surface area contributed by atoms with Crippen LogP contribution in [0.2, 0.25) is 0 Å². The number of fused-ring (bicyclic) bond motifs is 5. The molecule has 2 fully saturated rings. The minimum absolute atomic E-state index is 0.0663. The number of carbonyl (C=O) groups is 3. The van der Waals surface area contributed by atoms with E-state index in [-0.39, 0.29) is 23.5 Å². The molecule has 7 nitrogen and oxygen atoms in total. The number of aliphatic hydroxyl groups excluding tert-OH is 2. The Morgan fingerprint density at radius 1 is 1.06 bits per heavy atom. The van der Waals surface area contributed by atoms with Crippen molar-refractivity contribution in [1.82, 2.24) is 0 Å². The molecule has 0 saturated heterocycles. The first-order valence-electron chi connectivity index (χ1n) is 12.6. The molecule has 0 bridgehead atoms. The van der Waals surface area contributed by atoms with Gasteiger partial charge in [-0.25, -0.2) is 4.79 Å². The van der Waals surface area contributed by atoms with Gasteiger partial charge < -0.3 is 19.7 Å². The van der Waals surface area contributed by atoms with Crippen molar-refractivity contribution in [1.29, 1.82) is 0 Å². The van der Waals surface area contributed by atoms with E-state index in [0.29, 0.717) is 24.8 Å². The molecule has 0 spiro atoms. The van der Waals surface area contributed by atoms with Gasteiger partial charge >= 0.3 is 11.9 Å². The molecule has 0 aromatic heterocycles. The SMILES string of the molecule is CC(=O)O[C@H]1C[C@@H]2[C@@]3(C)C=CC(=O)C(C)(C)[C@@H]3C[C@@H](O)[C@@]2(C)C2=CC[C@@H](C3=CC(O)OC3=O)[C@@]21C. The highest BCUT2D eigenvalue weighted by Gasteiger charge is 2.70. The molecule has 0 aromatic rings. The van der Waals surface area contributed by atoms with Crippen LogP contribution in [0.25, 0.3) is 0 Å². The lowest BCUT2D eigenvalue weighted by molar-refractivity contribution is -0.193. The van der Waals surface area contributed by atoms with Gasteiger partial charge in [-0.15, -0.1) is 0 Å². The van der Waals surface area contributed by atoms with E-state index in [1.54, 1.807) is 6.08 Å². The Balaban J connectivity index is 1.66. The molecule has 1 unspecified atom stereocenters. The maximum absolute atomic E-state index is 12.8. The number of allylic oxidation sites excluding steroid dienone is 3. The fraction of sp³-hybridized carbons (Fsp3) is 0.679. The molecule has 1 heterocycles. The van der Waals surface area contributed by atoms with E-state index in [1.165, 1.54) is 13.0 Å². The van der Waals surface area contributed by atoms with Gasteiger partial charge in [0.05, 0.1) is 6.10 Å². The minimum atomic E-state index is -1.28. The summed E-state index contributed by atoms with van der Waals surface area (Å²) in [5, 5.41) is 21.7. The Hall–Kier alpha value is -2.25. The van der Waals surface area contributed by atoms with Gasteiger partial charge in [-0.05, 0) is 48.7 Å². The summed E-state index contributed by atoms with van der Waals surface area (Å²) in [6.07, 6.45) is 6.22. The number of carbonyl (C=O) groups excluding carboxylic acids is 3. The third kappa shape index (κ3) is 3.00. The molecule has 0 aromatic carbocycles. The van der Waals surface area contributed by atoms with Crippen molar-refractivity contribution in [3.8, 4) is 0 Å². The number of aliphatic hydroxyl groups is 2. The predicted octanol–water partition coefficient (Wildman–Crippen LogP) is 3.25. The van der Waals surface area contributed by atoms with Crippen molar-refractivity contribution in [3.05, 3.63) is 35.5 Å². The Kier molecular flexibility index (Phi) is 5.16. The monoisotopic (exact) mass is 484 g/mol. The normalized spacial score (nSPS) is 47.8. The first kappa shape index (κ1) is 24.4. The minimum Gasteiger partial charge on any atom is -0.462 e. The average molecular weight is 485 g/mol. The highest BCUT2D eigenvalue weighted by Crippen LogP contribution is 2.72. The van der Waals surface area contributed by atoms with E-state index in [4.69, 9.17) is 9.47 Å². The van der Waals surface area contributed by atoms with E-state index in [2.05, 4.69) is 19.9 Å². The second kappa shape index (κ2) is 7.39. The van der Waals surface area contributed by atoms with Gasteiger partial charge in [-0.2, -0.15) is 0 Å². The highest BCUT2D eigenvalue weighted by molar-refractivity contribution is 5.96. The van der Waals surface area contributed by atoms with E-state index in [0.717, 1.165) is 5.57 Å². The fourth-order valence-corrected chi connectivity index (χ4v) is 8.71. The number of cyclic esters (lactones) is 1. The van der Waals surface area contributed by atoms with Crippen molar-refractivity contribution in [3.63, 3.8) is 0 Å². The van der Waals surface area contributed by atoms with Crippen molar-refractivity contribution in [2.75, 3.05) is 0 Å². The summed E-state index contributed by atoms with van der Waals surface area (Å²) in [5.41, 5.74) is -1.03. The quantitative estimate of drug-likeness (QED) is 0.457. The van der Waals surface area contributed by atoms with Crippen LogP contribution in [-0.4, -0.2) is 46.4 Å². The van der Waals surface area contributed by atoms with Crippen molar-refractivity contribution < 1.29 is 34.1 Å².